The molecule has 5 heteroatoms. The molecular formula is C15H27N5. The van der Waals surface area contributed by atoms with Crippen molar-refractivity contribution in [1.82, 2.24) is 20.2 Å². The van der Waals surface area contributed by atoms with E-state index in [0.29, 0.717) is 5.92 Å². The maximum Gasteiger partial charge on any atom is 0.147 e. The fraction of sp³-hybridized carbons (Fsp3) is 0.733. The van der Waals surface area contributed by atoms with E-state index in [1.165, 1.54) is 13.0 Å². The summed E-state index contributed by atoms with van der Waals surface area (Å²) >= 11 is 0. The Morgan fingerprint density at radius 2 is 2.00 bits per heavy atom. The Hall–Kier alpha value is -1.20. The smallest absolute Gasteiger partial charge is 0.147 e. The maximum atomic E-state index is 4.57. The lowest BCUT2D eigenvalue weighted by Gasteiger charge is -2.21. The minimum atomic E-state index is 0.663. The average molecular weight is 277 g/mol. The Balaban J connectivity index is 1.87. The molecule has 5 nitrogen and oxygen atoms in total. The molecule has 0 saturated carbocycles. The molecule has 112 valence electrons. The normalized spacial score (nSPS) is 17.5. The summed E-state index contributed by atoms with van der Waals surface area (Å²) in [5, 5.41) is 3.39. The van der Waals surface area contributed by atoms with Crippen LogP contribution < -0.4 is 10.2 Å². The van der Waals surface area contributed by atoms with E-state index in [1.807, 2.05) is 12.4 Å². The minimum absolute atomic E-state index is 0.663. The number of likely N-dealkylation sites (N-methyl/N-ethyl adjacent to an activating group) is 1. The molecule has 1 aromatic rings. The third kappa shape index (κ3) is 4.72. The summed E-state index contributed by atoms with van der Waals surface area (Å²) in [6.07, 6.45) is 5.00. The van der Waals surface area contributed by atoms with E-state index >= 15 is 0 Å². The Kier molecular flexibility index (Phi) is 5.73. The van der Waals surface area contributed by atoms with Crippen LogP contribution in [0.15, 0.2) is 12.4 Å². The van der Waals surface area contributed by atoms with Crippen LogP contribution in [-0.2, 0) is 6.54 Å². The van der Waals surface area contributed by atoms with Crippen LogP contribution in [-0.4, -0.2) is 54.6 Å². The van der Waals surface area contributed by atoms with Crippen molar-refractivity contribution in [3.05, 3.63) is 18.1 Å². The molecule has 1 aliphatic rings. The summed E-state index contributed by atoms with van der Waals surface area (Å²) < 4.78 is 0. The first-order valence-electron chi connectivity index (χ1n) is 7.60. The molecule has 0 unspecified atom stereocenters. The summed E-state index contributed by atoms with van der Waals surface area (Å²) in [4.78, 5) is 13.8. The van der Waals surface area contributed by atoms with E-state index in [2.05, 4.69) is 46.0 Å². The lowest BCUT2D eigenvalue weighted by Crippen LogP contribution is -2.29. The summed E-state index contributed by atoms with van der Waals surface area (Å²) in [5.41, 5.74) is 1.02. The van der Waals surface area contributed by atoms with Crippen molar-refractivity contribution in [2.45, 2.75) is 26.8 Å². The van der Waals surface area contributed by atoms with Gasteiger partial charge in [-0.05, 0) is 32.5 Å². The van der Waals surface area contributed by atoms with Gasteiger partial charge in [-0.15, -0.1) is 0 Å². The molecule has 1 saturated heterocycles. The molecule has 1 N–H and O–H groups in total. The molecule has 2 heterocycles. The molecule has 0 aliphatic carbocycles. The second-order valence-corrected chi connectivity index (χ2v) is 6.03. The maximum absolute atomic E-state index is 4.57. The van der Waals surface area contributed by atoms with Crippen molar-refractivity contribution in [2.24, 2.45) is 5.92 Å². The lowest BCUT2D eigenvalue weighted by atomic mass is 10.2. The molecule has 0 radical (unpaired) electrons. The van der Waals surface area contributed by atoms with E-state index in [1.54, 1.807) is 0 Å². The van der Waals surface area contributed by atoms with E-state index in [9.17, 15) is 0 Å². The van der Waals surface area contributed by atoms with Crippen LogP contribution in [0.3, 0.4) is 0 Å². The van der Waals surface area contributed by atoms with Gasteiger partial charge >= 0.3 is 0 Å². The van der Waals surface area contributed by atoms with E-state index < -0.39 is 0 Å². The number of aromatic nitrogens is 2. The summed E-state index contributed by atoms with van der Waals surface area (Å²) in [6.45, 7) is 10.6. The predicted molar refractivity (Wildman–Crippen MR) is 82.9 cm³/mol. The molecule has 1 aromatic heterocycles. The summed E-state index contributed by atoms with van der Waals surface area (Å²) in [6, 6.07) is 0. The van der Waals surface area contributed by atoms with Gasteiger partial charge in [0.25, 0.3) is 0 Å². The van der Waals surface area contributed by atoms with Gasteiger partial charge in [-0.2, -0.15) is 0 Å². The predicted octanol–water partition coefficient (Wildman–Crippen LogP) is 1.36. The first-order chi connectivity index (χ1) is 9.65. The van der Waals surface area contributed by atoms with Crippen molar-refractivity contribution in [2.75, 3.05) is 44.7 Å². The Morgan fingerprint density at radius 1 is 1.15 bits per heavy atom. The number of nitrogens with one attached hydrogen (secondary N) is 1. The number of rotatable bonds is 5. The van der Waals surface area contributed by atoms with Crippen molar-refractivity contribution in [3.8, 4) is 0 Å². The van der Waals surface area contributed by atoms with Crippen molar-refractivity contribution < 1.29 is 0 Å². The lowest BCUT2D eigenvalue weighted by molar-refractivity contribution is 0.360. The zero-order valence-electron chi connectivity index (χ0n) is 13.0. The fourth-order valence-corrected chi connectivity index (χ4v) is 2.37. The van der Waals surface area contributed by atoms with Gasteiger partial charge in [-0.3, -0.25) is 4.98 Å². The molecule has 1 fully saturated rings. The van der Waals surface area contributed by atoms with E-state index in [-0.39, 0.29) is 0 Å². The standard InChI is InChI=1S/C15H27N5/c1-13(2)9-16-10-14-11-18-15(12-17-14)20-6-4-5-19(3)7-8-20/h11-13,16H,4-10H2,1-3H3. The van der Waals surface area contributed by atoms with Crippen LogP contribution in [0.1, 0.15) is 26.0 Å². The summed E-state index contributed by atoms with van der Waals surface area (Å²) in [5.74, 6) is 1.67. The van der Waals surface area contributed by atoms with Gasteiger partial charge < -0.3 is 15.1 Å². The van der Waals surface area contributed by atoms with Crippen LogP contribution in [0, 0.1) is 5.92 Å². The molecule has 0 aromatic carbocycles. The van der Waals surface area contributed by atoms with Gasteiger partial charge in [0.1, 0.15) is 5.82 Å². The summed E-state index contributed by atoms with van der Waals surface area (Å²) in [7, 11) is 2.18. The van der Waals surface area contributed by atoms with Gasteiger partial charge in [0.2, 0.25) is 0 Å². The highest BCUT2D eigenvalue weighted by Crippen LogP contribution is 2.12. The Labute approximate surface area is 122 Å². The average Bonchev–Trinajstić information content (AvgIpc) is 2.64. The molecule has 0 atom stereocenters. The molecule has 20 heavy (non-hydrogen) atoms. The van der Waals surface area contributed by atoms with Crippen LogP contribution in [0.25, 0.3) is 0 Å². The van der Waals surface area contributed by atoms with Crippen molar-refractivity contribution >= 4 is 5.82 Å². The molecule has 0 amide bonds. The fourth-order valence-electron chi connectivity index (χ4n) is 2.37. The van der Waals surface area contributed by atoms with Crippen LogP contribution in [0.2, 0.25) is 0 Å². The van der Waals surface area contributed by atoms with Crippen LogP contribution >= 0.6 is 0 Å². The SMILES string of the molecule is CC(C)CNCc1cnc(N2CCCN(C)CC2)cn1. The monoisotopic (exact) mass is 277 g/mol. The molecule has 1 aliphatic heterocycles. The third-order valence-corrected chi connectivity index (χ3v) is 3.59. The molecule has 0 bridgehead atoms. The van der Waals surface area contributed by atoms with Crippen LogP contribution in [0.4, 0.5) is 5.82 Å². The van der Waals surface area contributed by atoms with Gasteiger partial charge in [0.05, 0.1) is 18.1 Å². The van der Waals surface area contributed by atoms with Gasteiger partial charge in [0.15, 0.2) is 0 Å². The van der Waals surface area contributed by atoms with Crippen molar-refractivity contribution in [1.29, 1.82) is 0 Å². The number of hydrogen-bond donors (Lipinski definition) is 1. The van der Waals surface area contributed by atoms with E-state index in [0.717, 1.165) is 44.2 Å². The third-order valence-electron chi connectivity index (χ3n) is 3.59. The number of nitrogens with zero attached hydrogens (tertiary/aromatic N) is 4. The minimum Gasteiger partial charge on any atom is -0.354 e. The molecule has 2 rings (SSSR count). The highest BCUT2D eigenvalue weighted by Gasteiger charge is 2.13. The second kappa shape index (κ2) is 7.55. The van der Waals surface area contributed by atoms with Gasteiger partial charge in [0, 0.05) is 26.2 Å². The largest absolute Gasteiger partial charge is 0.354 e. The zero-order valence-corrected chi connectivity index (χ0v) is 13.0. The van der Waals surface area contributed by atoms with Gasteiger partial charge in [-0.1, -0.05) is 13.8 Å². The second-order valence-electron chi connectivity index (χ2n) is 6.03. The quantitative estimate of drug-likeness (QED) is 0.880. The highest BCUT2D eigenvalue weighted by atomic mass is 15.2. The highest BCUT2D eigenvalue weighted by molar-refractivity contribution is 5.35. The first-order valence-corrected chi connectivity index (χ1v) is 7.60. The Morgan fingerprint density at radius 3 is 2.70 bits per heavy atom. The Bertz CT molecular complexity index is 390. The van der Waals surface area contributed by atoms with E-state index in [4.69, 9.17) is 0 Å². The number of hydrogen-bond acceptors (Lipinski definition) is 5. The first kappa shape index (κ1) is 15.2. The van der Waals surface area contributed by atoms with Gasteiger partial charge in [-0.25, -0.2) is 4.98 Å². The topological polar surface area (TPSA) is 44.3 Å². The molecule has 0 spiro atoms. The zero-order chi connectivity index (χ0) is 14.4. The molecular weight excluding hydrogens is 250 g/mol. The number of anilines is 1. The van der Waals surface area contributed by atoms with Crippen LogP contribution in [0.5, 0.6) is 0 Å². The van der Waals surface area contributed by atoms with Crippen molar-refractivity contribution in [3.63, 3.8) is 0 Å².